The number of hydrogen-bond donors (Lipinski definition) is 1. The molecule has 3 heterocycles. The molecule has 1 aliphatic heterocycles. The quantitative estimate of drug-likeness (QED) is 0.437. The number of amides is 1. The van der Waals surface area contributed by atoms with Gasteiger partial charge in [-0.05, 0) is 47.5 Å². The maximum Gasteiger partial charge on any atom is 0.270 e. The lowest BCUT2D eigenvalue weighted by molar-refractivity contribution is 0.0946. The zero-order valence-electron chi connectivity index (χ0n) is 17.7. The van der Waals surface area contributed by atoms with Gasteiger partial charge in [0.05, 0.1) is 5.69 Å². The van der Waals surface area contributed by atoms with Crippen LogP contribution in [0.4, 0.5) is 5.69 Å². The summed E-state index contributed by atoms with van der Waals surface area (Å²) >= 11 is 6.30. The molecule has 0 aliphatic carbocycles. The number of anilines is 1. The van der Waals surface area contributed by atoms with Crippen molar-refractivity contribution in [2.24, 2.45) is 0 Å². The summed E-state index contributed by atoms with van der Waals surface area (Å²) in [5.41, 5.74) is 4.28. The lowest BCUT2D eigenvalue weighted by atomic mass is 10.1. The van der Waals surface area contributed by atoms with Crippen molar-refractivity contribution in [3.63, 3.8) is 0 Å². The zero-order chi connectivity index (χ0) is 22.6. The average Bonchev–Trinajstić information content (AvgIpc) is 3.00. The maximum absolute atomic E-state index is 12.5. The molecule has 7 heteroatoms. The molecule has 0 saturated carbocycles. The highest BCUT2D eigenvalue weighted by Gasteiger charge is 2.21. The molecule has 4 aromatic rings. The molecule has 2 aromatic heterocycles. The Kier molecular flexibility index (Phi) is 5.91. The molecule has 0 fully saturated rings. The number of rotatable bonds is 5. The molecule has 1 aliphatic rings. The van der Waals surface area contributed by atoms with Gasteiger partial charge < -0.3 is 15.0 Å². The van der Waals surface area contributed by atoms with Crippen LogP contribution in [-0.4, -0.2) is 15.9 Å². The minimum Gasteiger partial charge on any atom is -0.455 e. The predicted octanol–water partition coefficient (Wildman–Crippen LogP) is 5.37. The molecule has 164 valence electrons. The van der Waals surface area contributed by atoms with Gasteiger partial charge >= 0.3 is 0 Å². The fourth-order valence-corrected chi connectivity index (χ4v) is 3.92. The summed E-state index contributed by atoms with van der Waals surface area (Å²) in [6.07, 6.45) is 5.16. The number of fused-ring (bicyclic) bond motifs is 2. The Hall–Kier alpha value is -3.90. The fourth-order valence-electron chi connectivity index (χ4n) is 3.76. The van der Waals surface area contributed by atoms with E-state index in [0.29, 0.717) is 30.4 Å². The van der Waals surface area contributed by atoms with Gasteiger partial charge in [-0.3, -0.25) is 14.8 Å². The number of carbonyl (C=O) groups excluding carboxylic acids is 1. The van der Waals surface area contributed by atoms with Gasteiger partial charge in [-0.15, -0.1) is 0 Å². The number of hydrogen-bond acceptors (Lipinski definition) is 5. The highest BCUT2D eigenvalue weighted by Crippen LogP contribution is 2.40. The Morgan fingerprint density at radius 2 is 1.91 bits per heavy atom. The molecule has 0 atom stereocenters. The van der Waals surface area contributed by atoms with Gasteiger partial charge in [0.15, 0.2) is 5.75 Å². The van der Waals surface area contributed by atoms with Crippen LogP contribution >= 0.6 is 11.6 Å². The molecule has 1 N–H and O–H groups in total. The van der Waals surface area contributed by atoms with Crippen molar-refractivity contribution in [1.82, 2.24) is 15.3 Å². The average molecular weight is 457 g/mol. The van der Waals surface area contributed by atoms with Crippen LogP contribution in [0, 0.1) is 0 Å². The summed E-state index contributed by atoms with van der Waals surface area (Å²) in [7, 11) is 0. The molecular formula is C26H21ClN4O2. The fraction of sp³-hybridized carbons (Fsp3) is 0.115. The zero-order valence-corrected chi connectivity index (χ0v) is 18.5. The molecule has 1 amide bonds. The molecule has 2 aromatic carbocycles. The Labute approximate surface area is 196 Å². The van der Waals surface area contributed by atoms with E-state index in [2.05, 4.69) is 26.3 Å². The third-order valence-corrected chi connectivity index (χ3v) is 5.66. The molecule has 5 rings (SSSR count). The van der Waals surface area contributed by atoms with E-state index in [4.69, 9.17) is 16.3 Å². The summed E-state index contributed by atoms with van der Waals surface area (Å²) in [6.45, 7) is 1.66. The number of nitrogens with one attached hydrogen (secondary N) is 1. The van der Waals surface area contributed by atoms with Crippen LogP contribution < -0.4 is 15.0 Å². The second-order valence-electron chi connectivity index (χ2n) is 7.77. The Balaban J connectivity index is 1.33. The second-order valence-corrected chi connectivity index (χ2v) is 8.21. The number of pyridine rings is 2. The summed E-state index contributed by atoms with van der Waals surface area (Å²) < 4.78 is 6.17. The van der Waals surface area contributed by atoms with Gasteiger partial charge in [0, 0.05) is 48.8 Å². The Morgan fingerprint density at radius 3 is 2.73 bits per heavy atom. The van der Waals surface area contributed by atoms with E-state index in [1.165, 1.54) is 0 Å². The van der Waals surface area contributed by atoms with Gasteiger partial charge in [-0.1, -0.05) is 41.9 Å². The van der Waals surface area contributed by atoms with Crippen LogP contribution in [0.1, 0.15) is 27.2 Å². The molecule has 0 unspecified atom stereocenters. The number of halogens is 1. The van der Waals surface area contributed by atoms with Crippen molar-refractivity contribution < 1.29 is 9.53 Å². The lowest BCUT2D eigenvalue weighted by Gasteiger charge is -2.24. The molecule has 0 saturated heterocycles. The highest BCUT2D eigenvalue weighted by atomic mass is 35.5. The van der Waals surface area contributed by atoms with Crippen molar-refractivity contribution in [1.29, 1.82) is 0 Å². The molecule has 0 spiro atoms. The first-order chi connectivity index (χ1) is 16.2. The van der Waals surface area contributed by atoms with Gasteiger partial charge in [-0.2, -0.15) is 0 Å². The SMILES string of the molecule is O=C(NCc1cccnc1)c1ccc(CN2Cc3ccccc3Oc3ccc(Cl)cc32)cn1. The van der Waals surface area contributed by atoms with Crippen LogP contribution in [0.3, 0.4) is 0 Å². The number of nitrogens with zero attached hydrogens (tertiary/aromatic N) is 3. The van der Waals surface area contributed by atoms with Crippen LogP contribution in [0.15, 0.2) is 85.3 Å². The number of aromatic nitrogens is 2. The molecule has 0 bridgehead atoms. The van der Waals surface area contributed by atoms with Crippen molar-refractivity contribution in [2.45, 2.75) is 19.6 Å². The monoisotopic (exact) mass is 456 g/mol. The van der Waals surface area contributed by atoms with E-state index in [0.717, 1.165) is 33.9 Å². The van der Waals surface area contributed by atoms with Crippen molar-refractivity contribution >= 4 is 23.2 Å². The van der Waals surface area contributed by atoms with E-state index in [9.17, 15) is 4.79 Å². The summed E-state index contributed by atoms with van der Waals surface area (Å²) in [6, 6.07) is 21.0. The van der Waals surface area contributed by atoms with Gasteiger partial charge in [0.25, 0.3) is 5.91 Å². The predicted molar refractivity (Wildman–Crippen MR) is 127 cm³/mol. The minimum atomic E-state index is -0.223. The topological polar surface area (TPSA) is 67.4 Å². The minimum absolute atomic E-state index is 0.223. The van der Waals surface area contributed by atoms with E-state index in [1.54, 1.807) is 24.7 Å². The number of carbonyl (C=O) groups is 1. The third-order valence-electron chi connectivity index (χ3n) is 5.42. The van der Waals surface area contributed by atoms with Crippen molar-refractivity contribution in [3.05, 3.63) is 113 Å². The van der Waals surface area contributed by atoms with Crippen molar-refractivity contribution in [2.75, 3.05) is 4.90 Å². The second kappa shape index (κ2) is 9.30. The van der Waals surface area contributed by atoms with E-state index >= 15 is 0 Å². The Morgan fingerprint density at radius 1 is 1.00 bits per heavy atom. The first kappa shape index (κ1) is 21.0. The van der Waals surface area contributed by atoms with Crippen LogP contribution in [0.25, 0.3) is 0 Å². The smallest absolute Gasteiger partial charge is 0.270 e. The summed E-state index contributed by atoms with van der Waals surface area (Å²) in [4.78, 5) is 23.1. The van der Waals surface area contributed by atoms with Gasteiger partial charge in [0.2, 0.25) is 0 Å². The molecule has 0 radical (unpaired) electrons. The van der Waals surface area contributed by atoms with E-state index in [-0.39, 0.29) is 5.91 Å². The summed E-state index contributed by atoms with van der Waals surface area (Å²) in [5, 5.41) is 3.52. The van der Waals surface area contributed by atoms with Crippen LogP contribution in [0.2, 0.25) is 5.02 Å². The first-order valence-corrected chi connectivity index (χ1v) is 11.0. The van der Waals surface area contributed by atoms with E-state index in [1.807, 2.05) is 54.6 Å². The molecule has 33 heavy (non-hydrogen) atoms. The molecular weight excluding hydrogens is 436 g/mol. The van der Waals surface area contributed by atoms with Crippen LogP contribution in [-0.2, 0) is 19.6 Å². The van der Waals surface area contributed by atoms with Crippen LogP contribution in [0.5, 0.6) is 11.5 Å². The highest BCUT2D eigenvalue weighted by molar-refractivity contribution is 6.31. The first-order valence-electron chi connectivity index (χ1n) is 10.6. The summed E-state index contributed by atoms with van der Waals surface area (Å²) in [5.74, 6) is 1.37. The maximum atomic E-state index is 12.5. The number of benzene rings is 2. The Bertz CT molecular complexity index is 1280. The van der Waals surface area contributed by atoms with E-state index < -0.39 is 0 Å². The normalized spacial score (nSPS) is 12.2. The lowest BCUT2D eigenvalue weighted by Crippen LogP contribution is -2.24. The van der Waals surface area contributed by atoms with Crippen molar-refractivity contribution in [3.8, 4) is 11.5 Å². The van der Waals surface area contributed by atoms with Gasteiger partial charge in [-0.25, -0.2) is 0 Å². The standard InChI is InChI=1S/C26H21ClN4O2/c27-21-8-10-25-23(12-21)31(17-20-5-1-2-6-24(20)33-25)16-19-7-9-22(29-15-19)26(32)30-14-18-4-3-11-28-13-18/h1-13,15H,14,16-17H2,(H,30,32). The number of para-hydroxylation sites is 1. The third kappa shape index (κ3) is 4.81. The largest absolute Gasteiger partial charge is 0.455 e. The molecule has 6 nitrogen and oxygen atoms in total. The number of ether oxygens (including phenoxy) is 1. The van der Waals surface area contributed by atoms with Gasteiger partial charge in [0.1, 0.15) is 11.4 Å².